The molecule has 0 aromatic heterocycles. The smallest absolute Gasteiger partial charge is 0.0464 e. The minimum absolute atomic E-state index is 0.0535. The molecule has 0 saturated heterocycles. The summed E-state index contributed by atoms with van der Waals surface area (Å²) < 4.78 is 0.962. The van der Waals surface area contributed by atoms with Gasteiger partial charge in [0.2, 0.25) is 0 Å². The number of benzene rings is 1. The standard InChI is InChI=1S/C13H20BrClN2O/c1-17(6-2-8-18)7-5-13(16)11-4-3-10(14)9-12(11)15/h3-4,9,13,18H,2,5-8,16H2,1H3. The highest BCUT2D eigenvalue weighted by Gasteiger charge is 2.11. The third kappa shape index (κ3) is 5.24. The van der Waals surface area contributed by atoms with Crippen molar-refractivity contribution in [3.8, 4) is 0 Å². The quantitative estimate of drug-likeness (QED) is 0.805. The van der Waals surface area contributed by atoms with Gasteiger partial charge in [-0.2, -0.15) is 0 Å². The molecule has 0 aliphatic heterocycles. The van der Waals surface area contributed by atoms with Gasteiger partial charge in [0.15, 0.2) is 0 Å². The molecule has 5 heteroatoms. The van der Waals surface area contributed by atoms with Gasteiger partial charge >= 0.3 is 0 Å². The van der Waals surface area contributed by atoms with Crippen molar-refractivity contribution in [2.24, 2.45) is 5.73 Å². The first-order chi connectivity index (χ1) is 8.54. The van der Waals surface area contributed by atoms with E-state index in [0.717, 1.165) is 36.0 Å². The molecular weight excluding hydrogens is 316 g/mol. The summed E-state index contributed by atoms with van der Waals surface area (Å²) in [5.74, 6) is 0. The number of rotatable bonds is 7. The second-order valence-corrected chi connectivity index (χ2v) is 5.76. The van der Waals surface area contributed by atoms with Crippen LogP contribution in [0.25, 0.3) is 0 Å². The van der Waals surface area contributed by atoms with E-state index in [1.54, 1.807) is 0 Å². The van der Waals surface area contributed by atoms with Crippen LogP contribution in [0.15, 0.2) is 22.7 Å². The molecule has 1 aromatic carbocycles. The van der Waals surface area contributed by atoms with Gasteiger partial charge in [-0.1, -0.05) is 33.6 Å². The predicted octanol–water partition coefficient (Wildman–Crippen LogP) is 2.81. The molecule has 3 nitrogen and oxygen atoms in total. The van der Waals surface area contributed by atoms with Crippen LogP contribution in [0.2, 0.25) is 5.02 Å². The monoisotopic (exact) mass is 334 g/mol. The normalized spacial score (nSPS) is 13.0. The average molecular weight is 336 g/mol. The van der Waals surface area contributed by atoms with E-state index in [9.17, 15) is 0 Å². The van der Waals surface area contributed by atoms with Gasteiger partial charge in [-0.25, -0.2) is 0 Å². The molecule has 102 valence electrons. The molecule has 1 rings (SSSR count). The van der Waals surface area contributed by atoms with Crippen molar-refractivity contribution in [1.82, 2.24) is 4.90 Å². The highest BCUT2D eigenvalue weighted by atomic mass is 79.9. The van der Waals surface area contributed by atoms with Crippen molar-refractivity contribution < 1.29 is 5.11 Å². The number of halogens is 2. The summed E-state index contributed by atoms with van der Waals surface area (Å²) in [5, 5.41) is 9.46. The van der Waals surface area contributed by atoms with Crippen molar-refractivity contribution in [2.75, 3.05) is 26.7 Å². The third-order valence-electron chi connectivity index (χ3n) is 2.88. The van der Waals surface area contributed by atoms with E-state index in [4.69, 9.17) is 22.4 Å². The highest BCUT2D eigenvalue weighted by Crippen LogP contribution is 2.26. The lowest BCUT2D eigenvalue weighted by Gasteiger charge is -2.19. The molecule has 0 fully saturated rings. The van der Waals surface area contributed by atoms with E-state index in [0.29, 0.717) is 5.02 Å². The minimum Gasteiger partial charge on any atom is -0.396 e. The van der Waals surface area contributed by atoms with Crippen LogP contribution in [0, 0.1) is 0 Å². The van der Waals surface area contributed by atoms with E-state index in [1.807, 2.05) is 25.2 Å². The zero-order valence-corrected chi connectivity index (χ0v) is 12.9. The summed E-state index contributed by atoms with van der Waals surface area (Å²) in [6.45, 7) is 2.01. The molecule has 0 aliphatic rings. The topological polar surface area (TPSA) is 49.5 Å². The van der Waals surface area contributed by atoms with Gasteiger partial charge in [0.1, 0.15) is 0 Å². The summed E-state index contributed by atoms with van der Waals surface area (Å²) in [4.78, 5) is 2.17. The zero-order chi connectivity index (χ0) is 13.5. The van der Waals surface area contributed by atoms with Crippen LogP contribution < -0.4 is 5.73 Å². The lowest BCUT2D eigenvalue weighted by Crippen LogP contribution is -2.25. The van der Waals surface area contributed by atoms with Crippen LogP contribution in [-0.2, 0) is 0 Å². The lowest BCUT2D eigenvalue weighted by atomic mass is 10.0. The van der Waals surface area contributed by atoms with Crippen molar-refractivity contribution in [1.29, 1.82) is 0 Å². The van der Waals surface area contributed by atoms with Gasteiger partial charge in [-0.15, -0.1) is 0 Å². The number of aliphatic hydroxyl groups is 1. The summed E-state index contributed by atoms with van der Waals surface area (Å²) in [7, 11) is 2.03. The number of hydrogen-bond donors (Lipinski definition) is 2. The van der Waals surface area contributed by atoms with Gasteiger partial charge < -0.3 is 15.7 Å². The van der Waals surface area contributed by atoms with Crippen LogP contribution >= 0.6 is 27.5 Å². The maximum Gasteiger partial charge on any atom is 0.0464 e. The molecule has 0 saturated carbocycles. The largest absolute Gasteiger partial charge is 0.396 e. The lowest BCUT2D eigenvalue weighted by molar-refractivity contribution is 0.244. The molecule has 0 amide bonds. The van der Waals surface area contributed by atoms with E-state index >= 15 is 0 Å². The number of hydrogen-bond acceptors (Lipinski definition) is 3. The molecule has 0 radical (unpaired) electrons. The van der Waals surface area contributed by atoms with E-state index < -0.39 is 0 Å². The van der Waals surface area contributed by atoms with Crippen molar-refractivity contribution in [3.05, 3.63) is 33.3 Å². The maximum absolute atomic E-state index is 8.76. The molecular formula is C13H20BrClN2O. The number of nitrogens with two attached hydrogens (primary N) is 1. The molecule has 0 spiro atoms. The molecule has 1 atom stereocenters. The van der Waals surface area contributed by atoms with E-state index in [-0.39, 0.29) is 12.6 Å². The summed E-state index contributed by atoms with van der Waals surface area (Å²) in [6.07, 6.45) is 1.65. The van der Waals surface area contributed by atoms with Crippen LogP contribution in [0.3, 0.4) is 0 Å². The van der Waals surface area contributed by atoms with Crippen LogP contribution in [0.5, 0.6) is 0 Å². The Morgan fingerprint density at radius 3 is 2.78 bits per heavy atom. The predicted molar refractivity (Wildman–Crippen MR) is 79.9 cm³/mol. The Morgan fingerprint density at radius 2 is 2.17 bits per heavy atom. The highest BCUT2D eigenvalue weighted by molar-refractivity contribution is 9.10. The average Bonchev–Trinajstić information content (AvgIpc) is 2.33. The van der Waals surface area contributed by atoms with Crippen molar-refractivity contribution in [3.63, 3.8) is 0 Å². The van der Waals surface area contributed by atoms with E-state index in [1.165, 1.54) is 0 Å². The molecule has 0 heterocycles. The summed E-state index contributed by atoms with van der Waals surface area (Å²) in [5.41, 5.74) is 7.13. The van der Waals surface area contributed by atoms with Crippen molar-refractivity contribution in [2.45, 2.75) is 18.9 Å². The maximum atomic E-state index is 8.76. The van der Waals surface area contributed by atoms with Crippen LogP contribution in [0.1, 0.15) is 24.4 Å². The van der Waals surface area contributed by atoms with Crippen LogP contribution in [-0.4, -0.2) is 36.8 Å². The van der Waals surface area contributed by atoms with Crippen molar-refractivity contribution >= 4 is 27.5 Å². The van der Waals surface area contributed by atoms with Gasteiger partial charge in [0.25, 0.3) is 0 Å². The van der Waals surface area contributed by atoms with Gasteiger partial charge in [0, 0.05) is 28.7 Å². The summed E-state index contributed by atoms with van der Waals surface area (Å²) >= 11 is 9.55. The fourth-order valence-electron chi connectivity index (χ4n) is 1.77. The SMILES string of the molecule is CN(CCCO)CCC(N)c1ccc(Br)cc1Cl. The first-order valence-electron chi connectivity index (χ1n) is 6.04. The molecule has 18 heavy (non-hydrogen) atoms. The first-order valence-corrected chi connectivity index (χ1v) is 7.21. The Morgan fingerprint density at radius 1 is 1.44 bits per heavy atom. The summed E-state index contributed by atoms with van der Waals surface area (Å²) in [6, 6.07) is 5.73. The van der Waals surface area contributed by atoms with Gasteiger partial charge in [-0.05, 0) is 44.1 Å². The minimum atomic E-state index is -0.0535. The Kier molecular flexibility index (Phi) is 7.19. The molecule has 0 aliphatic carbocycles. The Balaban J connectivity index is 2.47. The molecule has 1 unspecified atom stereocenters. The Labute approximate surface area is 122 Å². The molecule has 3 N–H and O–H groups in total. The number of aliphatic hydroxyl groups excluding tert-OH is 1. The van der Waals surface area contributed by atoms with Gasteiger partial charge in [-0.3, -0.25) is 0 Å². The Bertz CT molecular complexity index is 376. The molecule has 0 bridgehead atoms. The van der Waals surface area contributed by atoms with E-state index in [2.05, 4.69) is 20.8 Å². The van der Waals surface area contributed by atoms with Gasteiger partial charge in [0.05, 0.1) is 0 Å². The van der Waals surface area contributed by atoms with Crippen LogP contribution in [0.4, 0.5) is 0 Å². The fraction of sp³-hybridized carbons (Fsp3) is 0.538. The second kappa shape index (κ2) is 8.12. The first kappa shape index (κ1) is 15.9. The Hall–Kier alpha value is -0.130. The second-order valence-electron chi connectivity index (χ2n) is 4.44. The third-order valence-corrected chi connectivity index (χ3v) is 3.70. The number of nitrogens with zero attached hydrogens (tertiary/aromatic N) is 1. The fourth-order valence-corrected chi connectivity index (χ4v) is 2.58. The zero-order valence-electron chi connectivity index (χ0n) is 10.6. The molecule has 1 aromatic rings.